The van der Waals surface area contributed by atoms with Gasteiger partial charge in [-0.1, -0.05) is 31.6 Å². The van der Waals surface area contributed by atoms with Crippen LogP contribution in [0, 0.1) is 28.6 Å². The van der Waals surface area contributed by atoms with Crippen molar-refractivity contribution in [3.63, 3.8) is 0 Å². The maximum atomic E-state index is 11.5. The van der Waals surface area contributed by atoms with Gasteiger partial charge in [-0.2, -0.15) is 0 Å². The molecular weight excluding hydrogens is 372 g/mol. The molecule has 0 aliphatic heterocycles. The average molecular weight is 407 g/mol. The minimum atomic E-state index is -0.141. The highest BCUT2D eigenvalue weighted by atomic mass is 16.3. The molecule has 160 valence electrons. The van der Waals surface area contributed by atoms with E-state index in [1.165, 1.54) is 30.9 Å². The van der Waals surface area contributed by atoms with Crippen molar-refractivity contribution >= 4 is 17.2 Å². The van der Waals surface area contributed by atoms with Crippen LogP contribution in [-0.2, 0) is 4.79 Å². The number of carbonyl (C=O) groups excluding carboxylic acids is 1. The van der Waals surface area contributed by atoms with Crippen molar-refractivity contribution in [3.05, 3.63) is 41.7 Å². The average Bonchev–Trinajstić information content (AvgIpc) is 3.05. The molecule has 2 saturated carbocycles. The molecule has 0 spiro atoms. The van der Waals surface area contributed by atoms with Gasteiger partial charge in [-0.3, -0.25) is 9.78 Å². The Kier molecular flexibility index (Phi) is 4.70. The van der Waals surface area contributed by atoms with E-state index in [-0.39, 0.29) is 22.8 Å². The lowest BCUT2D eigenvalue weighted by Gasteiger charge is -2.57. The van der Waals surface area contributed by atoms with E-state index < -0.39 is 0 Å². The molecule has 5 unspecified atom stereocenters. The second-order valence-corrected chi connectivity index (χ2v) is 10.6. The van der Waals surface area contributed by atoms with Crippen molar-refractivity contribution in [1.82, 2.24) is 4.98 Å². The number of hydrogen-bond donors (Lipinski definition) is 2. The molecule has 0 aromatic carbocycles. The van der Waals surface area contributed by atoms with Gasteiger partial charge in [0, 0.05) is 13.1 Å². The summed E-state index contributed by atoms with van der Waals surface area (Å²) in [7, 11) is 0. The number of hydrogen-bond acceptors (Lipinski definition) is 3. The Morgan fingerprint density at radius 2 is 1.90 bits per heavy atom. The molecule has 1 aromatic rings. The van der Waals surface area contributed by atoms with Crippen molar-refractivity contribution in [2.45, 2.75) is 71.8 Å². The summed E-state index contributed by atoms with van der Waals surface area (Å²) in [5.41, 5.74) is 5.34. The van der Waals surface area contributed by atoms with Crippen LogP contribution in [0.15, 0.2) is 36.2 Å². The van der Waals surface area contributed by atoms with Gasteiger partial charge in [-0.05, 0) is 90.7 Å². The quantitative estimate of drug-likeness (QED) is 0.650. The third-order valence-electron chi connectivity index (χ3n) is 9.03. The molecule has 1 amide bonds. The highest BCUT2D eigenvalue weighted by Gasteiger charge is 2.56. The highest BCUT2D eigenvalue weighted by Crippen LogP contribution is 2.66. The Balaban J connectivity index is 1.44. The smallest absolute Gasteiger partial charge is 0.221 e. The minimum absolute atomic E-state index is 0.0606. The summed E-state index contributed by atoms with van der Waals surface area (Å²) in [6.45, 7) is 6.48. The number of carbonyl (C=O) groups is 1. The summed E-state index contributed by atoms with van der Waals surface area (Å²) < 4.78 is 0. The number of aliphatic hydroxyl groups excluding tert-OH is 1. The van der Waals surface area contributed by atoms with Crippen LogP contribution in [0.1, 0.15) is 71.3 Å². The molecule has 1 aromatic heterocycles. The largest absolute Gasteiger partial charge is 0.393 e. The van der Waals surface area contributed by atoms with E-state index in [9.17, 15) is 9.90 Å². The Labute approximate surface area is 179 Å². The van der Waals surface area contributed by atoms with Gasteiger partial charge >= 0.3 is 0 Å². The molecule has 0 radical (unpaired) electrons. The second kappa shape index (κ2) is 7.05. The number of amides is 1. The molecule has 4 aliphatic carbocycles. The van der Waals surface area contributed by atoms with Gasteiger partial charge in [0.25, 0.3) is 0 Å². The van der Waals surface area contributed by atoms with E-state index in [4.69, 9.17) is 0 Å². The summed E-state index contributed by atoms with van der Waals surface area (Å²) in [5, 5.41) is 13.1. The van der Waals surface area contributed by atoms with Gasteiger partial charge in [0.1, 0.15) is 0 Å². The fraction of sp³-hybridized carbons (Fsp3) is 0.615. The summed E-state index contributed by atoms with van der Waals surface area (Å²) in [6, 6.07) is 2.09. The summed E-state index contributed by atoms with van der Waals surface area (Å²) in [6.07, 6.45) is 16.2. The Morgan fingerprint density at radius 3 is 2.70 bits per heavy atom. The van der Waals surface area contributed by atoms with Crippen LogP contribution in [0.25, 0.3) is 5.57 Å². The first-order chi connectivity index (χ1) is 14.3. The van der Waals surface area contributed by atoms with E-state index in [1.54, 1.807) is 6.20 Å². The first-order valence-corrected chi connectivity index (χ1v) is 11.6. The van der Waals surface area contributed by atoms with E-state index >= 15 is 0 Å². The van der Waals surface area contributed by atoms with Crippen LogP contribution < -0.4 is 5.32 Å². The number of rotatable bonds is 2. The zero-order valence-corrected chi connectivity index (χ0v) is 18.4. The lowest BCUT2D eigenvalue weighted by molar-refractivity contribution is -0.114. The molecular formula is C26H34N2O2. The van der Waals surface area contributed by atoms with Crippen molar-refractivity contribution in [2.75, 3.05) is 5.32 Å². The van der Waals surface area contributed by atoms with Crippen molar-refractivity contribution in [3.8, 4) is 0 Å². The van der Waals surface area contributed by atoms with E-state index in [2.05, 4.69) is 42.4 Å². The van der Waals surface area contributed by atoms with Gasteiger partial charge in [-0.15, -0.1) is 0 Å². The fourth-order valence-electron chi connectivity index (χ4n) is 7.52. The number of aromatic nitrogens is 1. The predicted octanol–water partition coefficient (Wildman–Crippen LogP) is 5.36. The standard InChI is InChI=1S/C26H34N2O2/c1-16(29)28-19-12-17(14-27-15-19)22-6-7-23-21-5-4-18-13-20(30)8-10-25(18,2)24(21)9-11-26(22,23)3/h4,6,12,14-15,20-21,23-24,30H,5,7-11,13H2,1-3H3,(H,28,29)/t20?,21?,23?,24-,25?,26?/m0/s1. The Hall–Kier alpha value is -1.94. The third-order valence-corrected chi connectivity index (χ3v) is 9.03. The fourth-order valence-corrected chi connectivity index (χ4v) is 7.52. The molecule has 1 heterocycles. The second-order valence-electron chi connectivity index (χ2n) is 10.6. The van der Waals surface area contributed by atoms with Crippen molar-refractivity contribution in [2.24, 2.45) is 28.6 Å². The topological polar surface area (TPSA) is 62.2 Å². The van der Waals surface area contributed by atoms with Gasteiger partial charge in [-0.25, -0.2) is 0 Å². The lowest BCUT2D eigenvalue weighted by Crippen LogP contribution is -2.49. The van der Waals surface area contributed by atoms with Crippen LogP contribution >= 0.6 is 0 Å². The van der Waals surface area contributed by atoms with E-state index in [1.807, 2.05) is 6.20 Å². The van der Waals surface area contributed by atoms with Crippen LogP contribution in [0.4, 0.5) is 5.69 Å². The maximum absolute atomic E-state index is 11.5. The molecule has 0 bridgehead atoms. The summed E-state index contributed by atoms with van der Waals surface area (Å²) >= 11 is 0. The van der Waals surface area contributed by atoms with Crippen LogP contribution in [0.2, 0.25) is 0 Å². The number of anilines is 1. The number of allylic oxidation sites excluding steroid dienone is 3. The molecule has 30 heavy (non-hydrogen) atoms. The van der Waals surface area contributed by atoms with Gasteiger partial charge < -0.3 is 10.4 Å². The monoisotopic (exact) mass is 406 g/mol. The van der Waals surface area contributed by atoms with Crippen LogP contribution in [-0.4, -0.2) is 22.1 Å². The molecule has 2 fully saturated rings. The number of pyridine rings is 1. The first kappa shape index (κ1) is 20.0. The number of aliphatic hydroxyl groups is 1. The Morgan fingerprint density at radius 1 is 1.10 bits per heavy atom. The SMILES string of the molecule is CC(=O)Nc1cncc(C2=CCC3C4CC=C5CC(O)CCC5(C)[C@H]4CCC23C)c1. The van der Waals surface area contributed by atoms with Gasteiger partial charge in [0.15, 0.2) is 0 Å². The van der Waals surface area contributed by atoms with Crippen LogP contribution in [0.3, 0.4) is 0 Å². The molecule has 4 nitrogen and oxygen atoms in total. The third kappa shape index (κ3) is 2.98. The van der Waals surface area contributed by atoms with Gasteiger partial charge in [0.05, 0.1) is 18.0 Å². The highest BCUT2D eigenvalue weighted by molar-refractivity contribution is 5.89. The molecule has 5 rings (SSSR count). The predicted molar refractivity (Wildman–Crippen MR) is 120 cm³/mol. The number of nitrogens with zero attached hydrogens (tertiary/aromatic N) is 1. The van der Waals surface area contributed by atoms with E-state index in [0.29, 0.717) is 11.8 Å². The van der Waals surface area contributed by atoms with Crippen molar-refractivity contribution in [1.29, 1.82) is 0 Å². The summed E-state index contributed by atoms with van der Waals surface area (Å²) in [5.74, 6) is 2.05. The van der Waals surface area contributed by atoms with E-state index in [0.717, 1.165) is 49.3 Å². The normalized spacial score (nSPS) is 39.9. The number of fused-ring (bicyclic) bond motifs is 5. The molecule has 6 atom stereocenters. The molecule has 4 aliphatic rings. The Bertz CT molecular complexity index is 935. The maximum Gasteiger partial charge on any atom is 0.221 e. The van der Waals surface area contributed by atoms with Crippen molar-refractivity contribution < 1.29 is 9.90 Å². The first-order valence-electron chi connectivity index (χ1n) is 11.6. The molecule has 0 saturated heterocycles. The zero-order valence-electron chi connectivity index (χ0n) is 18.4. The van der Waals surface area contributed by atoms with Gasteiger partial charge in [0.2, 0.25) is 5.91 Å². The lowest BCUT2D eigenvalue weighted by atomic mass is 9.47. The molecule has 2 N–H and O–H groups in total. The van der Waals surface area contributed by atoms with Crippen LogP contribution in [0.5, 0.6) is 0 Å². The minimum Gasteiger partial charge on any atom is -0.393 e. The number of nitrogens with one attached hydrogen (secondary N) is 1. The molecule has 4 heteroatoms. The summed E-state index contributed by atoms with van der Waals surface area (Å²) in [4.78, 5) is 15.9. The zero-order chi connectivity index (χ0) is 21.1.